The SMILES string of the molecule is CCCCS(=O)(=O)Nc1ccc(S(=O)(=O)NC2CNCCC2C)cc1. The first-order valence-electron chi connectivity index (χ1n) is 8.57. The Morgan fingerprint density at radius 2 is 1.84 bits per heavy atom. The summed E-state index contributed by atoms with van der Waals surface area (Å²) in [5.41, 5.74) is 0.364. The minimum atomic E-state index is -3.63. The zero-order valence-electron chi connectivity index (χ0n) is 14.7. The highest BCUT2D eigenvalue weighted by molar-refractivity contribution is 7.92. The van der Waals surface area contributed by atoms with Crippen molar-refractivity contribution in [3.63, 3.8) is 0 Å². The van der Waals surface area contributed by atoms with E-state index in [9.17, 15) is 16.8 Å². The molecule has 0 amide bonds. The molecule has 9 heteroatoms. The van der Waals surface area contributed by atoms with E-state index >= 15 is 0 Å². The molecule has 1 heterocycles. The molecule has 0 bridgehead atoms. The second kappa shape index (κ2) is 8.48. The lowest BCUT2D eigenvalue weighted by Gasteiger charge is -2.29. The van der Waals surface area contributed by atoms with Gasteiger partial charge in [0, 0.05) is 18.3 Å². The van der Waals surface area contributed by atoms with Crippen LogP contribution in [0.25, 0.3) is 0 Å². The molecule has 1 aromatic rings. The number of hydrogen-bond acceptors (Lipinski definition) is 5. The molecule has 7 nitrogen and oxygen atoms in total. The third kappa shape index (κ3) is 5.95. The molecule has 1 aromatic carbocycles. The van der Waals surface area contributed by atoms with Crippen LogP contribution in [0.2, 0.25) is 0 Å². The molecule has 142 valence electrons. The Hall–Kier alpha value is -1.16. The monoisotopic (exact) mass is 389 g/mol. The second-order valence-corrected chi connectivity index (χ2v) is 10.1. The Bertz CT molecular complexity index is 761. The van der Waals surface area contributed by atoms with Gasteiger partial charge in [0.25, 0.3) is 0 Å². The van der Waals surface area contributed by atoms with Crippen LogP contribution in [-0.2, 0) is 20.0 Å². The number of rotatable bonds is 8. The zero-order chi connectivity index (χ0) is 18.5. The van der Waals surface area contributed by atoms with Crippen LogP contribution >= 0.6 is 0 Å². The molecule has 1 aliphatic heterocycles. The van der Waals surface area contributed by atoms with E-state index in [4.69, 9.17) is 0 Å². The third-order valence-electron chi connectivity index (χ3n) is 4.34. The van der Waals surface area contributed by atoms with Gasteiger partial charge in [0.15, 0.2) is 0 Å². The Morgan fingerprint density at radius 3 is 2.44 bits per heavy atom. The number of unbranched alkanes of at least 4 members (excludes halogenated alkanes) is 1. The van der Waals surface area contributed by atoms with Crippen molar-refractivity contribution >= 4 is 25.7 Å². The van der Waals surface area contributed by atoms with Crippen LogP contribution in [0.5, 0.6) is 0 Å². The number of anilines is 1. The number of nitrogens with one attached hydrogen (secondary N) is 3. The van der Waals surface area contributed by atoms with Crippen molar-refractivity contribution in [2.45, 2.75) is 44.0 Å². The van der Waals surface area contributed by atoms with Gasteiger partial charge < -0.3 is 5.32 Å². The van der Waals surface area contributed by atoms with E-state index in [0.29, 0.717) is 18.7 Å². The fourth-order valence-electron chi connectivity index (χ4n) is 2.68. The Morgan fingerprint density at radius 1 is 1.16 bits per heavy atom. The maximum atomic E-state index is 12.5. The van der Waals surface area contributed by atoms with E-state index in [0.717, 1.165) is 19.4 Å². The number of benzene rings is 1. The zero-order valence-corrected chi connectivity index (χ0v) is 16.3. The highest BCUT2D eigenvalue weighted by Gasteiger charge is 2.26. The lowest BCUT2D eigenvalue weighted by Crippen LogP contribution is -2.50. The molecule has 3 N–H and O–H groups in total. The number of piperidine rings is 1. The fourth-order valence-corrected chi connectivity index (χ4v) is 5.29. The molecule has 2 atom stereocenters. The summed E-state index contributed by atoms with van der Waals surface area (Å²) in [5, 5.41) is 3.19. The predicted octanol–water partition coefficient (Wildman–Crippen LogP) is 1.50. The maximum absolute atomic E-state index is 12.5. The summed E-state index contributed by atoms with van der Waals surface area (Å²) in [7, 11) is -7.03. The topological polar surface area (TPSA) is 104 Å². The lowest BCUT2D eigenvalue weighted by atomic mass is 9.96. The smallest absolute Gasteiger partial charge is 0.240 e. The standard InChI is InChI=1S/C16H27N3O4S2/c1-3-4-11-24(20,21)18-14-5-7-15(8-6-14)25(22,23)19-16-12-17-10-9-13(16)2/h5-8,13,16-19H,3-4,9-12H2,1-2H3. The maximum Gasteiger partial charge on any atom is 0.240 e. The van der Waals surface area contributed by atoms with E-state index in [-0.39, 0.29) is 22.6 Å². The average Bonchev–Trinajstić information content (AvgIpc) is 2.55. The molecule has 1 saturated heterocycles. The van der Waals surface area contributed by atoms with Crippen molar-refractivity contribution in [1.82, 2.24) is 10.0 Å². The minimum absolute atomic E-state index is 0.0532. The highest BCUT2D eigenvalue weighted by Crippen LogP contribution is 2.18. The molecule has 1 aliphatic rings. The van der Waals surface area contributed by atoms with Crippen LogP contribution in [0.15, 0.2) is 29.2 Å². The Kier molecular flexibility index (Phi) is 6.84. The average molecular weight is 390 g/mol. The summed E-state index contributed by atoms with van der Waals surface area (Å²) >= 11 is 0. The van der Waals surface area contributed by atoms with Crippen LogP contribution < -0.4 is 14.8 Å². The van der Waals surface area contributed by atoms with Gasteiger partial charge in [-0.15, -0.1) is 0 Å². The van der Waals surface area contributed by atoms with Crippen molar-refractivity contribution in [2.24, 2.45) is 5.92 Å². The molecule has 2 rings (SSSR count). The van der Waals surface area contributed by atoms with E-state index in [1.807, 2.05) is 13.8 Å². The normalized spacial score (nSPS) is 21.8. The van der Waals surface area contributed by atoms with Gasteiger partial charge >= 0.3 is 0 Å². The van der Waals surface area contributed by atoms with Crippen molar-refractivity contribution in [1.29, 1.82) is 0 Å². The van der Waals surface area contributed by atoms with Crippen LogP contribution in [0.1, 0.15) is 33.1 Å². The molecular weight excluding hydrogens is 362 g/mol. The number of hydrogen-bond donors (Lipinski definition) is 3. The van der Waals surface area contributed by atoms with Crippen molar-refractivity contribution < 1.29 is 16.8 Å². The van der Waals surface area contributed by atoms with E-state index in [2.05, 4.69) is 14.8 Å². The first-order chi connectivity index (χ1) is 11.7. The van der Waals surface area contributed by atoms with Gasteiger partial charge in [0.1, 0.15) is 0 Å². The summed E-state index contributed by atoms with van der Waals surface area (Å²) in [5.74, 6) is 0.318. The molecule has 0 saturated carbocycles. The molecule has 0 aromatic heterocycles. The minimum Gasteiger partial charge on any atom is -0.315 e. The van der Waals surface area contributed by atoms with Gasteiger partial charge in [0.05, 0.1) is 10.6 Å². The molecule has 0 aliphatic carbocycles. The summed E-state index contributed by atoms with van der Waals surface area (Å²) in [6, 6.07) is 5.63. The predicted molar refractivity (Wildman–Crippen MR) is 99.5 cm³/mol. The first-order valence-corrected chi connectivity index (χ1v) is 11.7. The van der Waals surface area contributed by atoms with Crippen LogP contribution in [0, 0.1) is 5.92 Å². The van der Waals surface area contributed by atoms with Crippen LogP contribution in [0.3, 0.4) is 0 Å². The Balaban J connectivity index is 2.05. The summed E-state index contributed by atoms with van der Waals surface area (Å²) in [6.45, 7) is 5.45. The Labute approximate surface area is 150 Å². The van der Waals surface area contributed by atoms with Gasteiger partial charge in [-0.05, 0) is 49.6 Å². The third-order valence-corrected chi connectivity index (χ3v) is 7.22. The van der Waals surface area contributed by atoms with Gasteiger partial charge in [-0.3, -0.25) is 4.72 Å². The molecule has 25 heavy (non-hydrogen) atoms. The van der Waals surface area contributed by atoms with E-state index < -0.39 is 20.0 Å². The summed E-state index contributed by atoms with van der Waals surface area (Å²) in [4.78, 5) is 0.127. The van der Waals surface area contributed by atoms with Crippen molar-refractivity contribution in [3.05, 3.63) is 24.3 Å². The van der Waals surface area contributed by atoms with Crippen LogP contribution in [0.4, 0.5) is 5.69 Å². The van der Waals surface area contributed by atoms with Crippen LogP contribution in [-0.4, -0.2) is 41.7 Å². The van der Waals surface area contributed by atoms with Crippen molar-refractivity contribution in [2.75, 3.05) is 23.6 Å². The molecule has 0 radical (unpaired) electrons. The number of sulfonamides is 2. The van der Waals surface area contributed by atoms with Crippen molar-refractivity contribution in [3.8, 4) is 0 Å². The van der Waals surface area contributed by atoms with Gasteiger partial charge in [0.2, 0.25) is 20.0 Å². The summed E-state index contributed by atoms with van der Waals surface area (Å²) < 4.78 is 54.0. The fraction of sp³-hybridized carbons (Fsp3) is 0.625. The second-order valence-electron chi connectivity index (χ2n) is 6.50. The first kappa shape index (κ1) is 20.2. The quantitative estimate of drug-likeness (QED) is 0.625. The lowest BCUT2D eigenvalue weighted by molar-refractivity contribution is 0.327. The molecule has 1 fully saturated rings. The molecule has 2 unspecified atom stereocenters. The molecule has 0 spiro atoms. The largest absolute Gasteiger partial charge is 0.315 e. The van der Waals surface area contributed by atoms with Gasteiger partial charge in [-0.25, -0.2) is 21.6 Å². The highest BCUT2D eigenvalue weighted by atomic mass is 32.2. The van der Waals surface area contributed by atoms with E-state index in [1.54, 1.807) is 0 Å². The molecular formula is C16H27N3O4S2. The summed E-state index contributed by atoms with van der Waals surface area (Å²) in [6.07, 6.45) is 2.29. The van der Waals surface area contributed by atoms with Gasteiger partial charge in [-0.2, -0.15) is 0 Å². The van der Waals surface area contributed by atoms with Gasteiger partial charge in [-0.1, -0.05) is 20.3 Å². The van der Waals surface area contributed by atoms with E-state index in [1.165, 1.54) is 24.3 Å².